The van der Waals surface area contributed by atoms with Crippen LogP contribution in [0, 0.1) is 5.82 Å². The number of carbonyl (C=O) groups is 6. The number of imide groups is 2. The fourth-order valence-corrected chi connectivity index (χ4v) is 8.76. The zero-order valence-corrected chi connectivity index (χ0v) is 35.8. The van der Waals surface area contributed by atoms with E-state index in [0.29, 0.717) is 64.5 Å². The Balaban J connectivity index is 0.750. The van der Waals surface area contributed by atoms with Crippen molar-refractivity contribution in [2.75, 3.05) is 93.7 Å². The largest absolute Gasteiger partial charge is 0.495 e. The lowest BCUT2D eigenvalue weighted by atomic mass is 10.0. The van der Waals surface area contributed by atoms with Gasteiger partial charge in [0, 0.05) is 57.4 Å². The van der Waals surface area contributed by atoms with E-state index in [2.05, 4.69) is 36.1 Å². The van der Waals surface area contributed by atoms with Crippen molar-refractivity contribution in [1.82, 2.24) is 30.4 Å². The number of nitrogens with one attached hydrogen (secondary N) is 4. The van der Waals surface area contributed by atoms with Crippen LogP contribution in [0.1, 0.15) is 69.6 Å². The van der Waals surface area contributed by atoms with Gasteiger partial charge in [0.05, 0.1) is 74.7 Å². The Kier molecular flexibility index (Phi) is 13.2. The molecular formula is C43H49F3N10O9. The van der Waals surface area contributed by atoms with Gasteiger partial charge in [-0.1, -0.05) is 18.9 Å². The number of benzene rings is 2. The summed E-state index contributed by atoms with van der Waals surface area (Å²) < 4.78 is 62.3. The molecular weight excluding hydrogens is 858 g/mol. The van der Waals surface area contributed by atoms with Gasteiger partial charge in [-0.05, 0) is 37.5 Å². The molecule has 5 heterocycles. The molecule has 0 bridgehead atoms. The second-order valence-corrected chi connectivity index (χ2v) is 16.5. The number of ether oxygens (including phenoxy) is 3. The van der Waals surface area contributed by atoms with Crippen LogP contribution in [-0.4, -0.2) is 153 Å². The van der Waals surface area contributed by atoms with E-state index < -0.39 is 59.8 Å². The van der Waals surface area contributed by atoms with E-state index in [1.165, 1.54) is 37.4 Å². The summed E-state index contributed by atoms with van der Waals surface area (Å²) in [4.78, 5) is 90.1. The first-order valence-electron chi connectivity index (χ1n) is 21.5. The molecule has 5 aliphatic rings. The second-order valence-electron chi connectivity index (χ2n) is 16.5. The minimum atomic E-state index is -3.64. The molecule has 22 heteroatoms. The van der Waals surface area contributed by atoms with E-state index in [9.17, 15) is 28.8 Å². The Morgan fingerprint density at radius 3 is 2.46 bits per heavy atom. The molecule has 6 amide bonds. The standard InChI is InChI=1S/C43H49F3N10O9/c1-53-32-20-48-42(52-36(32)55(25-6-3-4-7-25)23-43(45,46)41(53)62)50-30-19-28(44)27(18-33(30)63-2)37(58)49-24-21-54(22-24)13-15-65-17-16-64-14-12-47-29-9-5-8-26-35(29)40(61)56(39(26)60)31-10-11-34(57)51-38(31)59/h5,8-9,18-20,24-25,31,47H,3-4,6-7,10-17,21-23H2,1-2H3,(H,49,58)(H,48,50,52)(H,51,57,59). The number of alkyl halides is 2. The van der Waals surface area contributed by atoms with Crippen LogP contribution in [0.2, 0.25) is 0 Å². The highest BCUT2D eigenvalue weighted by Crippen LogP contribution is 2.40. The lowest BCUT2D eigenvalue weighted by Gasteiger charge is -2.39. The van der Waals surface area contributed by atoms with E-state index in [1.807, 2.05) is 0 Å². The number of amides is 6. The maximum Gasteiger partial charge on any atom is 0.342 e. The second kappa shape index (κ2) is 19.0. The molecule has 1 saturated carbocycles. The van der Waals surface area contributed by atoms with Crippen molar-refractivity contribution in [2.45, 2.75) is 62.6 Å². The summed E-state index contributed by atoms with van der Waals surface area (Å²) in [5, 5.41) is 11.0. The van der Waals surface area contributed by atoms with Gasteiger partial charge < -0.3 is 40.0 Å². The lowest BCUT2D eigenvalue weighted by Crippen LogP contribution is -2.59. The SMILES string of the molecule is COc1cc(C(=O)NC2CN(CCOCCOCCNc3cccc4c3C(=O)N(C3CCC(=O)NC3=O)C4=O)C2)c(F)cc1Nc1ncc2c(n1)N(C1CCCC1)CC(F)(F)C(=O)N2C. The zero-order chi connectivity index (χ0) is 46.0. The van der Waals surface area contributed by atoms with Crippen molar-refractivity contribution in [3.63, 3.8) is 0 Å². The van der Waals surface area contributed by atoms with Crippen LogP contribution in [0.15, 0.2) is 36.5 Å². The topological polar surface area (TPSA) is 217 Å². The Bertz CT molecular complexity index is 2380. The number of methoxy groups -OCH3 is 1. The number of aromatic nitrogens is 2. The number of rotatable bonds is 17. The predicted octanol–water partition coefficient (Wildman–Crippen LogP) is 2.69. The molecule has 4 N–H and O–H groups in total. The fourth-order valence-electron chi connectivity index (χ4n) is 8.76. The summed E-state index contributed by atoms with van der Waals surface area (Å²) in [6.45, 7) is 2.46. The number of carbonyl (C=O) groups excluding carboxylic acids is 6. The van der Waals surface area contributed by atoms with E-state index in [0.717, 1.165) is 28.7 Å². The van der Waals surface area contributed by atoms with Gasteiger partial charge in [-0.3, -0.25) is 43.9 Å². The summed E-state index contributed by atoms with van der Waals surface area (Å²) in [6, 6.07) is 5.65. The Morgan fingerprint density at radius 1 is 0.969 bits per heavy atom. The molecule has 4 aliphatic heterocycles. The first kappa shape index (κ1) is 45.2. The zero-order valence-electron chi connectivity index (χ0n) is 35.8. The Labute approximate surface area is 371 Å². The number of fused-ring (bicyclic) bond motifs is 2. The van der Waals surface area contributed by atoms with Gasteiger partial charge >= 0.3 is 5.92 Å². The normalized spacial score (nSPS) is 20.0. The molecule has 346 valence electrons. The molecule has 2 aromatic carbocycles. The summed E-state index contributed by atoms with van der Waals surface area (Å²) in [5.41, 5.74) is 0.774. The summed E-state index contributed by atoms with van der Waals surface area (Å²) in [6.07, 6.45) is 4.45. The van der Waals surface area contributed by atoms with Crippen molar-refractivity contribution in [3.05, 3.63) is 59.0 Å². The molecule has 0 spiro atoms. The highest BCUT2D eigenvalue weighted by atomic mass is 19.3. The monoisotopic (exact) mass is 906 g/mol. The Hall–Kier alpha value is -6.39. The number of halogens is 3. The molecule has 0 radical (unpaired) electrons. The van der Waals surface area contributed by atoms with Crippen molar-refractivity contribution in [2.24, 2.45) is 0 Å². The third-order valence-electron chi connectivity index (χ3n) is 12.2. The third-order valence-corrected chi connectivity index (χ3v) is 12.2. The summed E-state index contributed by atoms with van der Waals surface area (Å²) in [7, 11) is 2.61. The van der Waals surface area contributed by atoms with Crippen LogP contribution in [0.25, 0.3) is 0 Å². The van der Waals surface area contributed by atoms with E-state index in [4.69, 9.17) is 14.2 Å². The van der Waals surface area contributed by atoms with Crippen molar-refractivity contribution >= 4 is 64.3 Å². The Morgan fingerprint density at radius 2 is 1.72 bits per heavy atom. The van der Waals surface area contributed by atoms with E-state index in [-0.39, 0.29) is 77.1 Å². The fraction of sp³-hybridized carbons (Fsp3) is 0.488. The molecule has 1 atom stereocenters. The smallest absolute Gasteiger partial charge is 0.342 e. The summed E-state index contributed by atoms with van der Waals surface area (Å²) in [5.74, 6) is -8.53. The minimum Gasteiger partial charge on any atom is -0.495 e. The number of nitrogens with zero attached hydrogens (tertiary/aromatic N) is 6. The van der Waals surface area contributed by atoms with Crippen molar-refractivity contribution in [3.8, 4) is 5.75 Å². The van der Waals surface area contributed by atoms with E-state index in [1.54, 1.807) is 12.1 Å². The molecule has 19 nitrogen and oxygen atoms in total. The van der Waals surface area contributed by atoms with Gasteiger partial charge in [0.1, 0.15) is 23.3 Å². The maximum atomic E-state index is 15.5. The van der Waals surface area contributed by atoms with Gasteiger partial charge in [-0.25, -0.2) is 9.37 Å². The number of piperidine rings is 1. The average Bonchev–Trinajstić information content (AvgIpc) is 3.88. The van der Waals surface area contributed by atoms with Gasteiger partial charge in [0.25, 0.3) is 23.6 Å². The molecule has 65 heavy (non-hydrogen) atoms. The first-order chi connectivity index (χ1) is 31.2. The number of anilines is 5. The van der Waals surface area contributed by atoms with Crippen LogP contribution in [0.3, 0.4) is 0 Å². The quantitative estimate of drug-likeness (QED) is 0.113. The van der Waals surface area contributed by atoms with Crippen LogP contribution >= 0.6 is 0 Å². The third kappa shape index (κ3) is 9.41. The highest BCUT2D eigenvalue weighted by molar-refractivity contribution is 6.25. The number of hydrogen-bond acceptors (Lipinski definition) is 15. The van der Waals surface area contributed by atoms with E-state index >= 15 is 13.2 Å². The minimum absolute atomic E-state index is 0.0347. The first-order valence-corrected chi connectivity index (χ1v) is 21.5. The van der Waals surface area contributed by atoms with Crippen molar-refractivity contribution in [1.29, 1.82) is 0 Å². The average molecular weight is 907 g/mol. The maximum absolute atomic E-state index is 15.5. The molecule has 8 rings (SSSR count). The van der Waals surface area contributed by atoms with Gasteiger partial charge in [-0.2, -0.15) is 13.8 Å². The van der Waals surface area contributed by atoms with Crippen LogP contribution in [0.5, 0.6) is 5.75 Å². The number of likely N-dealkylation sites (tertiary alicyclic amines) is 1. The number of hydrogen-bond donors (Lipinski definition) is 4. The highest BCUT2D eigenvalue weighted by Gasteiger charge is 2.49. The predicted molar refractivity (Wildman–Crippen MR) is 227 cm³/mol. The molecule has 2 saturated heterocycles. The molecule has 1 unspecified atom stereocenters. The van der Waals surface area contributed by atoms with Crippen LogP contribution in [0.4, 0.5) is 42.0 Å². The van der Waals surface area contributed by atoms with Crippen LogP contribution in [-0.2, 0) is 23.9 Å². The molecule has 1 aliphatic carbocycles. The molecule has 3 fully saturated rings. The van der Waals surface area contributed by atoms with Crippen molar-refractivity contribution < 1.29 is 56.1 Å². The summed E-state index contributed by atoms with van der Waals surface area (Å²) >= 11 is 0. The van der Waals surface area contributed by atoms with Gasteiger partial charge in [0.2, 0.25) is 17.8 Å². The molecule has 1 aromatic heterocycles. The van der Waals surface area contributed by atoms with Gasteiger partial charge in [-0.15, -0.1) is 0 Å². The van der Waals surface area contributed by atoms with Gasteiger partial charge in [0.15, 0.2) is 5.82 Å². The van der Waals surface area contributed by atoms with Crippen LogP contribution < -0.4 is 35.8 Å². The molecule has 3 aromatic rings. The lowest BCUT2D eigenvalue weighted by molar-refractivity contribution is -0.140.